The number of hydrogen-bond acceptors (Lipinski definition) is 7. The molecule has 1 aliphatic rings. The highest BCUT2D eigenvalue weighted by Gasteiger charge is 2.43. The first kappa shape index (κ1) is 18.4. The zero-order valence-corrected chi connectivity index (χ0v) is 13.2. The summed E-state index contributed by atoms with van der Waals surface area (Å²) in [7, 11) is 1.31. The maximum atomic E-state index is 11.8. The minimum absolute atomic E-state index is 0.0459. The number of benzene rings is 1. The van der Waals surface area contributed by atoms with E-state index in [0.29, 0.717) is 5.69 Å². The van der Waals surface area contributed by atoms with Crippen molar-refractivity contribution in [2.45, 2.75) is 30.7 Å². The number of aliphatic hydroxyl groups excluding tert-OH is 3. The van der Waals surface area contributed by atoms with Gasteiger partial charge in [-0.15, -0.1) is 0 Å². The minimum Gasteiger partial charge on any atom is -0.399 e. The quantitative estimate of drug-likeness (QED) is 0.338. The van der Waals surface area contributed by atoms with Crippen molar-refractivity contribution in [1.82, 2.24) is 5.32 Å². The molecule has 8 heteroatoms. The van der Waals surface area contributed by atoms with E-state index in [9.17, 15) is 20.1 Å². The van der Waals surface area contributed by atoms with Crippen molar-refractivity contribution >= 4 is 17.7 Å². The third-order valence-corrected chi connectivity index (χ3v) is 3.74. The zero-order valence-electron chi connectivity index (χ0n) is 13.2. The summed E-state index contributed by atoms with van der Waals surface area (Å²) in [5.74, 6) is -0.391. The van der Waals surface area contributed by atoms with Crippen LogP contribution in [0.1, 0.15) is 5.56 Å². The number of amides is 1. The maximum absolute atomic E-state index is 11.8. The molecule has 1 amide bonds. The van der Waals surface area contributed by atoms with Gasteiger partial charge in [-0.25, -0.2) is 0 Å². The third kappa shape index (κ3) is 4.53. The number of anilines is 1. The Labute approximate surface area is 139 Å². The number of nitrogens with two attached hydrogens (primary N) is 1. The lowest BCUT2D eigenvalue weighted by Crippen LogP contribution is -2.60. The predicted octanol–water partition coefficient (Wildman–Crippen LogP) is -1.15. The first-order valence-corrected chi connectivity index (χ1v) is 7.46. The Hall–Kier alpha value is -1.97. The number of nitrogens with one attached hydrogen (secondary N) is 1. The smallest absolute Gasteiger partial charge is 0.244 e. The van der Waals surface area contributed by atoms with Crippen LogP contribution in [0.3, 0.4) is 0 Å². The fraction of sp³-hybridized carbons (Fsp3) is 0.438. The van der Waals surface area contributed by atoms with Gasteiger partial charge in [0.15, 0.2) is 6.29 Å². The summed E-state index contributed by atoms with van der Waals surface area (Å²) in [5, 5.41) is 31.9. The molecular formula is C16H22N2O6. The Morgan fingerprint density at radius 2 is 1.92 bits per heavy atom. The molecule has 0 bridgehead atoms. The molecule has 1 aromatic carbocycles. The predicted molar refractivity (Wildman–Crippen MR) is 86.6 cm³/mol. The highest BCUT2D eigenvalue weighted by Crippen LogP contribution is 2.21. The highest BCUT2D eigenvalue weighted by atomic mass is 16.7. The van der Waals surface area contributed by atoms with E-state index in [1.165, 1.54) is 13.2 Å². The van der Waals surface area contributed by atoms with Gasteiger partial charge in [0, 0.05) is 25.4 Å². The Morgan fingerprint density at radius 1 is 1.25 bits per heavy atom. The first-order chi connectivity index (χ1) is 11.4. The summed E-state index contributed by atoms with van der Waals surface area (Å²) in [6.07, 6.45) is -3.15. The lowest BCUT2D eigenvalue weighted by molar-refractivity contribution is -0.288. The van der Waals surface area contributed by atoms with Crippen LogP contribution in [0.4, 0.5) is 5.69 Å². The second kappa shape index (κ2) is 8.22. The van der Waals surface area contributed by atoms with Crippen molar-refractivity contribution < 1.29 is 29.6 Å². The van der Waals surface area contributed by atoms with E-state index in [4.69, 9.17) is 15.2 Å². The van der Waals surface area contributed by atoms with Crippen molar-refractivity contribution in [3.8, 4) is 0 Å². The number of carbonyl (C=O) groups excluding carboxylic acids is 1. The van der Waals surface area contributed by atoms with Crippen molar-refractivity contribution in [2.75, 3.05) is 19.4 Å². The van der Waals surface area contributed by atoms with Crippen LogP contribution in [0, 0.1) is 0 Å². The molecule has 5 atom stereocenters. The molecule has 0 spiro atoms. The maximum Gasteiger partial charge on any atom is 0.244 e. The number of nitrogen functional groups attached to an aromatic ring is 1. The molecule has 0 aromatic heterocycles. The molecular weight excluding hydrogens is 316 g/mol. The number of ether oxygens (including phenoxy) is 2. The van der Waals surface area contributed by atoms with Gasteiger partial charge in [-0.2, -0.15) is 0 Å². The summed E-state index contributed by atoms with van der Waals surface area (Å²) in [5.41, 5.74) is 7.02. The molecule has 8 nitrogen and oxygen atoms in total. The van der Waals surface area contributed by atoms with Gasteiger partial charge in [0.25, 0.3) is 0 Å². The van der Waals surface area contributed by atoms with Gasteiger partial charge in [-0.3, -0.25) is 4.79 Å². The SMILES string of the molecule is CO[C@H]1O[C@H](CNC(=O)C=Cc2ccc(N)cc2)[C@@H](O)[C@H](O)[C@@H]1O. The number of carbonyl (C=O) groups is 1. The summed E-state index contributed by atoms with van der Waals surface area (Å²) < 4.78 is 10.2. The fourth-order valence-corrected chi connectivity index (χ4v) is 2.32. The van der Waals surface area contributed by atoms with Gasteiger partial charge in [0.2, 0.25) is 5.91 Å². The van der Waals surface area contributed by atoms with Crippen molar-refractivity contribution in [3.63, 3.8) is 0 Å². The lowest BCUT2D eigenvalue weighted by Gasteiger charge is -2.39. The standard InChI is InChI=1S/C16H22N2O6/c1-23-16-15(22)14(21)13(20)11(24-16)8-18-12(19)7-4-9-2-5-10(17)6-3-9/h2-7,11,13-16,20-22H,8,17H2,1H3,(H,18,19)/t11-,13-,14+,15+,16+/m1/s1. The van der Waals surface area contributed by atoms with Crippen LogP contribution in [-0.4, -0.2) is 65.6 Å². The molecule has 0 radical (unpaired) electrons. The van der Waals surface area contributed by atoms with Gasteiger partial charge in [-0.1, -0.05) is 12.1 Å². The molecule has 1 fully saturated rings. The van der Waals surface area contributed by atoms with E-state index >= 15 is 0 Å². The van der Waals surface area contributed by atoms with E-state index in [0.717, 1.165) is 5.56 Å². The monoisotopic (exact) mass is 338 g/mol. The summed E-state index contributed by atoms with van der Waals surface area (Å²) >= 11 is 0. The van der Waals surface area contributed by atoms with E-state index < -0.39 is 36.6 Å². The van der Waals surface area contributed by atoms with Crippen molar-refractivity contribution in [1.29, 1.82) is 0 Å². The van der Waals surface area contributed by atoms with E-state index in [-0.39, 0.29) is 6.54 Å². The number of methoxy groups -OCH3 is 1. The number of hydrogen-bond donors (Lipinski definition) is 5. The molecule has 132 valence electrons. The molecule has 1 saturated heterocycles. The lowest BCUT2D eigenvalue weighted by atomic mass is 9.99. The summed E-state index contributed by atoms with van der Waals surface area (Å²) in [6.45, 7) is -0.0459. The largest absolute Gasteiger partial charge is 0.399 e. The molecule has 1 aromatic rings. The van der Waals surface area contributed by atoms with Crippen LogP contribution >= 0.6 is 0 Å². The van der Waals surface area contributed by atoms with Crippen molar-refractivity contribution in [3.05, 3.63) is 35.9 Å². The zero-order chi connectivity index (χ0) is 17.7. The Morgan fingerprint density at radius 3 is 2.54 bits per heavy atom. The highest BCUT2D eigenvalue weighted by molar-refractivity contribution is 5.91. The average molecular weight is 338 g/mol. The normalized spacial score (nSPS) is 30.4. The average Bonchev–Trinajstić information content (AvgIpc) is 2.58. The molecule has 1 aliphatic heterocycles. The molecule has 2 rings (SSSR count). The topological polar surface area (TPSA) is 134 Å². The first-order valence-electron chi connectivity index (χ1n) is 7.46. The summed E-state index contributed by atoms with van der Waals surface area (Å²) in [4.78, 5) is 11.8. The van der Waals surface area contributed by atoms with Crippen LogP contribution in [0.15, 0.2) is 30.3 Å². The van der Waals surface area contributed by atoms with Crippen molar-refractivity contribution in [2.24, 2.45) is 0 Å². The summed E-state index contributed by atoms with van der Waals surface area (Å²) in [6, 6.07) is 6.99. The van der Waals surface area contributed by atoms with Crippen LogP contribution in [0.25, 0.3) is 6.08 Å². The van der Waals surface area contributed by atoms with Crippen LogP contribution in [0.5, 0.6) is 0 Å². The Bertz CT molecular complexity index is 574. The van der Waals surface area contributed by atoms with Gasteiger partial charge >= 0.3 is 0 Å². The van der Waals surface area contributed by atoms with E-state index in [2.05, 4.69) is 5.32 Å². The Kier molecular flexibility index (Phi) is 6.29. The fourth-order valence-electron chi connectivity index (χ4n) is 2.32. The third-order valence-electron chi connectivity index (χ3n) is 3.74. The second-order valence-corrected chi connectivity index (χ2v) is 5.50. The number of aliphatic hydroxyl groups is 3. The molecule has 6 N–H and O–H groups in total. The van der Waals surface area contributed by atoms with Gasteiger partial charge in [0.1, 0.15) is 24.4 Å². The van der Waals surface area contributed by atoms with Gasteiger partial charge in [0.05, 0.1) is 0 Å². The molecule has 0 aliphatic carbocycles. The molecule has 1 heterocycles. The van der Waals surface area contributed by atoms with Crippen LogP contribution in [-0.2, 0) is 14.3 Å². The van der Waals surface area contributed by atoms with Crippen LogP contribution < -0.4 is 11.1 Å². The van der Waals surface area contributed by atoms with E-state index in [1.807, 2.05) is 0 Å². The molecule has 0 saturated carbocycles. The second-order valence-electron chi connectivity index (χ2n) is 5.50. The minimum atomic E-state index is -1.42. The molecule has 0 unspecified atom stereocenters. The van der Waals surface area contributed by atoms with Gasteiger partial charge in [-0.05, 0) is 23.8 Å². The number of rotatable bonds is 5. The van der Waals surface area contributed by atoms with Crippen LogP contribution in [0.2, 0.25) is 0 Å². The molecule has 24 heavy (non-hydrogen) atoms. The van der Waals surface area contributed by atoms with E-state index in [1.54, 1.807) is 30.3 Å². The Balaban J connectivity index is 1.87. The van der Waals surface area contributed by atoms with Gasteiger partial charge < -0.3 is 35.8 Å².